The predicted octanol–water partition coefficient (Wildman–Crippen LogP) is 1.68. The van der Waals surface area contributed by atoms with Crippen LogP contribution in [0.5, 0.6) is 5.75 Å². The maximum atomic E-state index is 11.2. The number of nitrogens with one attached hydrogen (secondary N) is 1. The predicted molar refractivity (Wildman–Crippen MR) is 114 cm³/mol. The minimum Gasteiger partial charge on any atom is -0.462 e. The first kappa shape index (κ1) is 23.1. The summed E-state index contributed by atoms with van der Waals surface area (Å²) in [6, 6.07) is 9.32. The van der Waals surface area contributed by atoms with Crippen LogP contribution >= 0.6 is 0 Å². The highest BCUT2D eigenvalue weighted by Gasteiger charge is 2.50. The largest absolute Gasteiger partial charge is 0.462 e. The minimum absolute atomic E-state index is 0.0816. The smallest absolute Gasteiger partial charge is 0.229 e. The van der Waals surface area contributed by atoms with Crippen LogP contribution in [-0.2, 0) is 20.7 Å². The number of benzene rings is 1. The van der Waals surface area contributed by atoms with Crippen LogP contribution in [0.1, 0.15) is 26.3 Å². The molecule has 1 fully saturated rings. The Morgan fingerprint density at radius 2 is 2.03 bits per heavy atom. The summed E-state index contributed by atoms with van der Waals surface area (Å²) in [5.74, 6) is 0.395. The van der Waals surface area contributed by atoms with Gasteiger partial charge in [-0.25, -0.2) is 0 Å². The van der Waals surface area contributed by atoms with E-state index < -0.39 is 30.2 Å². The van der Waals surface area contributed by atoms with Crippen LogP contribution < -0.4 is 10.1 Å². The van der Waals surface area contributed by atoms with Crippen molar-refractivity contribution < 1.29 is 29.2 Å². The molecule has 2 heterocycles. The van der Waals surface area contributed by atoms with Gasteiger partial charge in [-0.2, -0.15) is 0 Å². The van der Waals surface area contributed by atoms with Gasteiger partial charge < -0.3 is 29.7 Å². The zero-order valence-corrected chi connectivity index (χ0v) is 18.2. The third kappa shape index (κ3) is 5.40. The van der Waals surface area contributed by atoms with Crippen molar-refractivity contribution in [3.63, 3.8) is 0 Å². The van der Waals surface area contributed by atoms with Crippen LogP contribution in [-0.4, -0.2) is 65.0 Å². The van der Waals surface area contributed by atoms with Gasteiger partial charge in [0.2, 0.25) is 12.2 Å². The average Bonchev–Trinajstić information content (AvgIpc) is 2.73. The number of hydrogen-bond donors (Lipinski definition) is 3. The standard InChI is InChI=1S/C23H30N2O6/c1-14(26)25-11-9-15-7-8-17(12-18(15)16-6-5-10-24-13-16)30-22-20(28)19(27)21(29-4)23(2,3)31-22/h5-8,10,12-13,19-22,27-28H,9,11H2,1-4H3,(H,25,26)/t19-,20+,21+,22?/m0/s1. The number of aliphatic hydroxyl groups excluding tert-OH is 2. The normalized spacial score (nSPS) is 25.1. The lowest BCUT2D eigenvalue weighted by molar-refractivity contribution is -0.305. The molecule has 3 rings (SSSR count). The molecule has 1 unspecified atom stereocenters. The Labute approximate surface area is 182 Å². The Kier molecular flexibility index (Phi) is 7.27. The van der Waals surface area contributed by atoms with Crippen molar-refractivity contribution >= 4 is 5.91 Å². The number of methoxy groups -OCH3 is 1. The molecule has 1 amide bonds. The lowest BCUT2D eigenvalue weighted by atomic mass is 9.89. The van der Waals surface area contributed by atoms with E-state index in [-0.39, 0.29) is 5.91 Å². The Hall–Kier alpha value is -2.52. The maximum absolute atomic E-state index is 11.2. The molecule has 8 heteroatoms. The molecule has 31 heavy (non-hydrogen) atoms. The highest BCUT2D eigenvalue weighted by Crippen LogP contribution is 2.34. The second-order valence-electron chi connectivity index (χ2n) is 8.14. The van der Waals surface area contributed by atoms with Crippen LogP contribution in [0.3, 0.4) is 0 Å². The van der Waals surface area contributed by atoms with E-state index in [0.29, 0.717) is 18.7 Å². The highest BCUT2D eigenvalue weighted by atomic mass is 16.7. The molecular weight excluding hydrogens is 400 g/mol. The molecule has 1 aliphatic rings. The molecule has 0 aliphatic carbocycles. The molecule has 4 atom stereocenters. The van der Waals surface area contributed by atoms with Crippen LogP contribution in [0, 0.1) is 0 Å². The first-order valence-corrected chi connectivity index (χ1v) is 10.2. The number of nitrogens with zero attached hydrogens (tertiary/aromatic N) is 1. The summed E-state index contributed by atoms with van der Waals surface area (Å²) in [4.78, 5) is 15.4. The third-order valence-electron chi connectivity index (χ3n) is 5.37. The van der Waals surface area contributed by atoms with Gasteiger partial charge in [0.1, 0.15) is 24.1 Å². The molecule has 3 N–H and O–H groups in total. The van der Waals surface area contributed by atoms with Gasteiger partial charge in [0.05, 0.1) is 5.60 Å². The van der Waals surface area contributed by atoms with Crippen molar-refractivity contribution in [2.75, 3.05) is 13.7 Å². The monoisotopic (exact) mass is 430 g/mol. The summed E-state index contributed by atoms with van der Waals surface area (Å²) < 4.78 is 17.2. The van der Waals surface area contributed by atoms with E-state index >= 15 is 0 Å². The number of pyridine rings is 1. The van der Waals surface area contributed by atoms with Crippen LogP contribution in [0.15, 0.2) is 42.7 Å². The van der Waals surface area contributed by atoms with Gasteiger partial charge in [0, 0.05) is 38.5 Å². The van der Waals surface area contributed by atoms with Gasteiger partial charge in [-0.3, -0.25) is 9.78 Å². The number of aromatic nitrogens is 1. The molecule has 0 bridgehead atoms. The van der Waals surface area contributed by atoms with Gasteiger partial charge in [0.25, 0.3) is 0 Å². The third-order valence-corrected chi connectivity index (χ3v) is 5.37. The van der Waals surface area contributed by atoms with E-state index in [1.54, 1.807) is 32.3 Å². The molecule has 168 valence electrons. The molecule has 1 saturated heterocycles. The first-order chi connectivity index (χ1) is 14.7. The second-order valence-corrected chi connectivity index (χ2v) is 8.14. The van der Waals surface area contributed by atoms with Crippen molar-refractivity contribution in [1.29, 1.82) is 0 Å². The summed E-state index contributed by atoms with van der Waals surface area (Å²) in [6.07, 6.45) is -0.111. The minimum atomic E-state index is -1.28. The van der Waals surface area contributed by atoms with E-state index in [9.17, 15) is 15.0 Å². The fourth-order valence-corrected chi connectivity index (χ4v) is 3.85. The summed E-state index contributed by atoms with van der Waals surface area (Å²) >= 11 is 0. The van der Waals surface area contributed by atoms with Crippen molar-refractivity contribution in [2.45, 2.75) is 57.4 Å². The average molecular weight is 431 g/mol. The maximum Gasteiger partial charge on any atom is 0.229 e. The van der Waals surface area contributed by atoms with E-state index in [0.717, 1.165) is 16.7 Å². The van der Waals surface area contributed by atoms with E-state index in [1.165, 1.54) is 14.0 Å². The SMILES string of the molecule is CO[C@@H]1[C@@H](O)[C@@H](O)C(Oc2ccc(CCNC(C)=O)c(-c3cccnc3)c2)OC1(C)C. The Bertz CT molecular complexity index is 889. The molecule has 2 aromatic rings. The van der Waals surface area contributed by atoms with Crippen molar-refractivity contribution in [3.05, 3.63) is 48.3 Å². The number of hydrogen-bond acceptors (Lipinski definition) is 7. The number of carbonyl (C=O) groups excluding carboxylic acids is 1. The second kappa shape index (κ2) is 9.74. The van der Waals surface area contributed by atoms with Gasteiger partial charge >= 0.3 is 0 Å². The molecule has 0 radical (unpaired) electrons. The Balaban J connectivity index is 1.86. The lowest BCUT2D eigenvalue weighted by Crippen LogP contribution is -2.63. The van der Waals surface area contributed by atoms with Gasteiger partial charge in [-0.15, -0.1) is 0 Å². The molecular formula is C23H30N2O6. The van der Waals surface area contributed by atoms with Crippen LogP contribution in [0.25, 0.3) is 11.1 Å². The first-order valence-electron chi connectivity index (χ1n) is 10.2. The van der Waals surface area contributed by atoms with Crippen LogP contribution in [0.4, 0.5) is 0 Å². The number of carbonyl (C=O) groups is 1. The molecule has 8 nitrogen and oxygen atoms in total. The molecule has 1 aromatic carbocycles. The van der Waals surface area contributed by atoms with Crippen LogP contribution in [0.2, 0.25) is 0 Å². The van der Waals surface area contributed by atoms with Gasteiger partial charge in [0.15, 0.2) is 0 Å². The zero-order valence-electron chi connectivity index (χ0n) is 18.2. The number of aliphatic hydroxyl groups is 2. The topological polar surface area (TPSA) is 110 Å². The Morgan fingerprint density at radius 3 is 2.68 bits per heavy atom. The summed E-state index contributed by atoms with van der Waals surface area (Å²) in [5, 5.41) is 23.8. The molecule has 1 aromatic heterocycles. The number of ether oxygens (including phenoxy) is 3. The number of rotatable bonds is 7. The lowest BCUT2D eigenvalue weighted by Gasteiger charge is -2.46. The molecule has 0 spiro atoms. The summed E-state index contributed by atoms with van der Waals surface area (Å²) in [6.45, 7) is 5.54. The fraction of sp³-hybridized carbons (Fsp3) is 0.478. The quantitative estimate of drug-likeness (QED) is 0.613. The van der Waals surface area contributed by atoms with Gasteiger partial charge in [-0.1, -0.05) is 12.1 Å². The van der Waals surface area contributed by atoms with Crippen molar-refractivity contribution in [2.24, 2.45) is 0 Å². The highest BCUT2D eigenvalue weighted by molar-refractivity contribution is 5.73. The Morgan fingerprint density at radius 1 is 1.26 bits per heavy atom. The molecule has 1 aliphatic heterocycles. The summed E-state index contributed by atoms with van der Waals surface area (Å²) in [7, 11) is 1.47. The number of amides is 1. The van der Waals surface area contributed by atoms with Crippen molar-refractivity contribution in [1.82, 2.24) is 10.3 Å². The van der Waals surface area contributed by atoms with Crippen molar-refractivity contribution in [3.8, 4) is 16.9 Å². The van der Waals surface area contributed by atoms with Gasteiger partial charge in [-0.05, 0) is 49.6 Å². The summed E-state index contributed by atoms with van der Waals surface area (Å²) in [5.41, 5.74) is 1.95. The molecule has 0 saturated carbocycles. The van der Waals surface area contributed by atoms with E-state index in [2.05, 4.69) is 10.3 Å². The van der Waals surface area contributed by atoms with E-state index in [4.69, 9.17) is 14.2 Å². The van der Waals surface area contributed by atoms with E-state index in [1.807, 2.05) is 24.3 Å². The zero-order chi connectivity index (χ0) is 22.6. The fourth-order valence-electron chi connectivity index (χ4n) is 3.85.